The fraction of sp³-hybridized carbons (Fsp3) is 0.231. The fourth-order valence-electron chi connectivity index (χ4n) is 3.95. The van der Waals surface area contributed by atoms with Gasteiger partial charge in [0.25, 0.3) is 0 Å². The van der Waals surface area contributed by atoms with Crippen LogP contribution in [0.25, 0.3) is 16.7 Å². The Bertz CT molecular complexity index is 1000. The van der Waals surface area contributed by atoms with Gasteiger partial charge in [-0.25, -0.2) is 0 Å². The summed E-state index contributed by atoms with van der Waals surface area (Å²) < 4.78 is 39.9. The fourth-order valence-corrected chi connectivity index (χ4v) is 3.95. The molecule has 0 bridgehead atoms. The van der Waals surface area contributed by atoms with Crippen molar-refractivity contribution in [2.75, 3.05) is 19.6 Å². The van der Waals surface area contributed by atoms with Crippen LogP contribution in [-0.4, -0.2) is 24.5 Å². The molecular formula is C26H24F3N. The van der Waals surface area contributed by atoms with Gasteiger partial charge in [-0.15, -0.1) is 0 Å². The molecule has 0 spiro atoms. The van der Waals surface area contributed by atoms with Gasteiger partial charge in [0, 0.05) is 19.6 Å². The zero-order chi connectivity index (χ0) is 21.0. The molecule has 1 nitrogen and oxygen atoms in total. The van der Waals surface area contributed by atoms with Crippen molar-refractivity contribution in [2.24, 2.45) is 0 Å². The van der Waals surface area contributed by atoms with E-state index in [9.17, 15) is 13.2 Å². The van der Waals surface area contributed by atoms with Gasteiger partial charge in [-0.2, -0.15) is 13.2 Å². The zero-order valence-corrected chi connectivity index (χ0v) is 16.7. The highest BCUT2D eigenvalue weighted by atomic mass is 19.4. The Morgan fingerprint density at radius 2 is 1.43 bits per heavy atom. The SMILES string of the molecule is FC(F)(F)c1ccccc1C1=CCN(CCc2ccc(-c3ccccc3)cc2)CC1. The molecule has 30 heavy (non-hydrogen) atoms. The van der Waals surface area contributed by atoms with E-state index in [0.717, 1.165) is 25.1 Å². The third-order valence-electron chi connectivity index (χ3n) is 5.65. The molecule has 4 heteroatoms. The highest BCUT2D eigenvalue weighted by Crippen LogP contribution is 2.36. The Hall–Kier alpha value is -2.85. The molecule has 0 N–H and O–H groups in total. The molecule has 1 heterocycles. The van der Waals surface area contributed by atoms with E-state index in [2.05, 4.69) is 41.3 Å². The number of hydrogen-bond acceptors (Lipinski definition) is 1. The largest absolute Gasteiger partial charge is 0.416 e. The summed E-state index contributed by atoms with van der Waals surface area (Å²) in [6.07, 6.45) is -0.801. The Morgan fingerprint density at radius 1 is 0.767 bits per heavy atom. The molecule has 1 aliphatic rings. The standard InChI is InChI=1S/C26H24F3N/c27-26(28,29)25-9-5-4-8-24(25)23-15-18-30(19-16-23)17-14-20-10-12-22(13-11-20)21-6-2-1-3-7-21/h1-13,15H,14,16-19H2. The molecule has 0 saturated heterocycles. The molecule has 0 unspecified atom stereocenters. The van der Waals surface area contributed by atoms with Crippen LogP contribution in [0.1, 0.15) is 23.1 Å². The maximum Gasteiger partial charge on any atom is 0.416 e. The predicted molar refractivity (Wildman–Crippen MR) is 116 cm³/mol. The lowest BCUT2D eigenvalue weighted by Gasteiger charge is -2.27. The first-order valence-electron chi connectivity index (χ1n) is 10.2. The molecule has 3 aromatic carbocycles. The summed E-state index contributed by atoms with van der Waals surface area (Å²) in [5, 5.41) is 0. The highest BCUT2D eigenvalue weighted by molar-refractivity contribution is 5.69. The molecule has 0 amide bonds. The van der Waals surface area contributed by atoms with Gasteiger partial charge in [-0.3, -0.25) is 4.90 Å². The number of rotatable bonds is 5. The van der Waals surface area contributed by atoms with E-state index < -0.39 is 11.7 Å². The van der Waals surface area contributed by atoms with Crippen LogP contribution in [0, 0.1) is 0 Å². The summed E-state index contributed by atoms with van der Waals surface area (Å²) in [4.78, 5) is 2.30. The van der Waals surface area contributed by atoms with Crippen molar-refractivity contribution >= 4 is 5.57 Å². The quantitative estimate of drug-likeness (QED) is 0.455. The normalized spacial score (nSPS) is 15.1. The molecule has 0 fully saturated rings. The summed E-state index contributed by atoms with van der Waals surface area (Å²) in [6.45, 7) is 2.36. The maximum absolute atomic E-state index is 13.3. The van der Waals surface area contributed by atoms with E-state index in [1.807, 2.05) is 24.3 Å². The van der Waals surface area contributed by atoms with Gasteiger partial charge in [0.05, 0.1) is 5.56 Å². The molecule has 1 aliphatic heterocycles. The molecule has 0 aromatic heterocycles. The van der Waals surface area contributed by atoms with Crippen LogP contribution < -0.4 is 0 Å². The van der Waals surface area contributed by atoms with E-state index in [0.29, 0.717) is 18.5 Å². The second-order valence-corrected chi connectivity index (χ2v) is 7.64. The van der Waals surface area contributed by atoms with E-state index in [4.69, 9.17) is 0 Å². The lowest BCUT2D eigenvalue weighted by atomic mass is 9.94. The van der Waals surface area contributed by atoms with E-state index in [1.165, 1.54) is 28.8 Å². The third kappa shape index (κ3) is 4.82. The van der Waals surface area contributed by atoms with Crippen LogP contribution in [0.2, 0.25) is 0 Å². The average molecular weight is 407 g/mol. The van der Waals surface area contributed by atoms with Crippen molar-refractivity contribution in [3.8, 4) is 11.1 Å². The van der Waals surface area contributed by atoms with E-state index >= 15 is 0 Å². The topological polar surface area (TPSA) is 3.24 Å². The number of hydrogen-bond donors (Lipinski definition) is 0. The molecular weight excluding hydrogens is 383 g/mol. The van der Waals surface area contributed by atoms with Crippen molar-refractivity contribution in [2.45, 2.75) is 19.0 Å². The highest BCUT2D eigenvalue weighted by Gasteiger charge is 2.34. The minimum atomic E-state index is -4.32. The minimum Gasteiger partial charge on any atom is -0.299 e. The Morgan fingerprint density at radius 3 is 2.10 bits per heavy atom. The lowest BCUT2D eigenvalue weighted by molar-refractivity contribution is -0.137. The van der Waals surface area contributed by atoms with Crippen molar-refractivity contribution in [3.05, 3.63) is 102 Å². The first-order valence-corrected chi connectivity index (χ1v) is 10.2. The van der Waals surface area contributed by atoms with Gasteiger partial charge in [-0.1, -0.05) is 78.9 Å². The lowest BCUT2D eigenvalue weighted by Crippen LogP contribution is -2.30. The summed E-state index contributed by atoms with van der Waals surface area (Å²) in [5.74, 6) is 0. The first-order chi connectivity index (χ1) is 14.5. The van der Waals surface area contributed by atoms with Gasteiger partial charge in [0.15, 0.2) is 0 Å². The monoisotopic (exact) mass is 407 g/mol. The smallest absolute Gasteiger partial charge is 0.299 e. The van der Waals surface area contributed by atoms with Crippen LogP contribution in [0.15, 0.2) is 84.9 Å². The second kappa shape index (κ2) is 8.88. The predicted octanol–water partition coefficient (Wildman–Crippen LogP) is 6.70. The molecule has 0 radical (unpaired) electrons. The van der Waals surface area contributed by atoms with Crippen LogP contribution in [0.5, 0.6) is 0 Å². The number of halogens is 3. The molecule has 0 aliphatic carbocycles. The van der Waals surface area contributed by atoms with Gasteiger partial charge in [0.2, 0.25) is 0 Å². The van der Waals surface area contributed by atoms with Gasteiger partial charge >= 0.3 is 6.18 Å². The van der Waals surface area contributed by atoms with E-state index in [1.54, 1.807) is 12.1 Å². The molecule has 0 saturated carbocycles. The van der Waals surface area contributed by atoms with Gasteiger partial charge in [0.1, 0.15) is 0 Å². The number of nitrogens with zero attached hydrogens (tertiary/aromatic N) is 1. The Kier molecular flexibility index (Phi) is 6.05. The molecule has 154 valence electrons. The van der Waals surface area contributed by atoms with Crippen LogP contribution in [-0.2, 0) is 12.6 Å². The van der Waals surface area contributed by atoms with Crippen molar-refractivity contribution < 1.29 is 13.2 Å². The van der Waals surface area contributed by atoms with Gasteiger partial charge in [-0.05, 0) is 46.7 Å². The van der Waals surface area contributed by atoms with Gasteiger partial charge < -0.3 is 0 Å². The van der Waals surface area contributed by atoms with Crippen LogP contribution in [0.4, 0.5) is 13.2 Å². The number of alkyl halides is 3. The summed E-state index contributed by atoms with van der Waals surface area (Å²) in [7, 11) is 0. The Labute approximate surface area is 175 Å². The second-order valence-electron chi connectivity index (χ2n) is 7.64. The van der Waals surface area contributed by atoms with Crippen molar-refractivity contribution in [3.63, 3.8) is 0 Å². The summed E-state index contributed by atoms with van der Waals surface area (Å²) >= 11 is 0. The third-order valence-corrected chi connectivity index (χ3v) is 5.65. The molecule has 4 rings (SSSR count). The molecule has 0 atom stereocenters. The van der Waals surface area contributed by atoms with Crippen molar-refractivity contribution in [1.82, 2.24) is 4.90 Å². The minimum absolute atomic E-state index is 0.321. The number of benzene rings is 3. The first kappa shape index (κ1) is 20.4. The molecule has 3 aromatic rings. The summed E-state index contributed by atoms with van der Waals surface area (Å²) in [5.41, 5.74) is 4.26. The van der Waals surface area contributed by atoms with E-state index in [-0.39, 0.29) is 0 Å². The van der Waals surface area contributed by atoms with Crippen molar-refractivity contribution in [1.29, 1.82) is 0 Å². The van der Waals surface area contributed by atoms with Crippen LogP contribution in [0.3, 0.4) is 0 Å². The summed E-state index contributed by atoms with van der Waals surface area (Å²) in [6, 6.07) is 24.8. The maximum atomic E-state index is 13.3. The zero-order valence-electron chi connectivity index (χ0n) is 16.7. The Balaban J connectivity index is 1.36. The van der Waals surface area contributed by atoms with Crippen LogP contribution >= 0.6 is 0 Å². The average Bonchev–Trinajstić information content (AvgIpc) is 2.78.